The van der Waals surface area contributed by atoms with E-state index in [1.54, 1.807) is 0 Å². The molecule has 1 aromatic rings. The third-order valence-electron chi connectivity index (χ3n) is 4.57. The zero-order chi connectivity index (χ0) is 14.8. The number of hydrogen-bond donors (Lipinski definition) is 1. The number of nitrogens with zero attached hydrogens (tertiary/aromatic N) is 2. The molecule has 0 bridgehead atoms. The molecule has 3 rings (SSSR count). The Labute approximate surface area is 126 Å². The van der Waals surface area contributed by atoms with Crippen molar-refractivity contribution in [2.45, 2.75) is 24.9 Å². The minimum Gasteiger partial charge on any atom is -0.454 e. The summed E-state index contributed by atoms with van der Waals surface area (Å²) in [6.07, 6.45) is 2.45. The second-order valence-corrected chi connectivity index (χ2v) is 6.21. The number of benzene rings is 1. The maximum atomic E-state index is 6.37. The molecule has 0 radical (unpaired) electrons. The van der Waals surface area contributed by atoms with Crippen molar-refractivity contribution in [1.29, 1.82) is 0 Å². The number of piperidine rings is 1. The summed E-state index contributed by atoms with van der Waals surface area (Å²) in [5.41, 5.74) is 7.49. The molecule has 1 atom stereocenters. The Morgan fingerprint density at radius 1 is 1.24 bits per heavy atom. The van der Waals surface area contributed by atoms with E-state index in [1.807, 2.05) is 18.2 Å². The Balaban J connectivity index is 1.56. The Hall–Kier alpha value is -1.30. The van der Waals surface area contributed by atoms with Crippen LogP contribution in [0.1, 0.15) is 24.4 Å². The molecule has 0 aromatic heterocycles. The zero-order valence-corrected chi connectivity index (χ0v) is 12.9. The van der Waals surface area contributed by atoms with Crippen molar-refractivity contribution in [2.75, 3.05) is 40.5 Å². The van der Waals surface area contributed by atoms with Crippen LogP contribution in [0.5, 0.6) is 11.5 Å². The van der Waals surface area contributed by atoms with Crippen LogP contribution in [-0.2, 0) is 0 Å². The van der Waals surface area contributed by atoms with Crippen molar-refractivity contribution in [1.82, 2.24) is 9.80 Å². The molecule has 2 heterocycles. The highest BCUT2D eigenvalue weighted by Crippen LogP contribution is 2.34. The number of likely N-dealkylation sites (tertiary alicyclic amines) is 1. The van der Waals surface area contributed by atoms with Crippen LogP contribution in [0.25, 0.3) is 0 Å². The predicted octanol–water partition coefficient (Wildman–Crippen LogP) is 1.44. The molecule has 5 heteroatoms. The van der Waals surface area contributed by atoms with Crippen LogP contribution in [0.2, 0.25) is 0 Å². The lowest BCUT2D eigenvalue weighted by Gasteiger charge is -2.36. The summed E-state index contributed by atoms with van der Waals surface area (Å²) < 4.78 is 10.8. The first-order valence-corrected chi connectivity index (χ1v) is 7.67. The summed E-state index contributed by atoms with van der Waals surface area (Å²) in [6.45, 7) is 3.47. The van der Waals surface area contributed by atoms with Gasteiger partial charge < -0.3 is 25.0 Å². The maximum Gasteiger partial charge on any atom is 0.231 e. The van der Waals surface area contributed by atoms with E-state index in [-0.39, 0.29) is 6.04 Å². The third-order valence-corrected chi connectivity index (χ3v) is 4.57. The van der Waals surface area contributed by atoms with E-state index in [1.165, 1.54) is 12.8 Å². The lowest BCUT2D eigenvalue weighted by Crippen LogP contribution is -2.44. The van der Waals surface area contributed by atoms with Gasteiger partial charge in [-0.25, -0.2) is 0 Å². The smallest absolute Gasteiger partial charge is 0.231 e. The molecule has 0 amide bonds. The van der Waals surface area contributed by atoms with Crippen molar-refractivity contribution < 1.29 is 9.47 Å². The molecule has 0 spiro atoms. The van der Waals surface area contributed by atoms with E-state index in [0.29, 0.717) is 12.8 Å². The van der Waals surface area contributed by atoms with E-state index in [2.05, 4.69) is 23.9 Å². The van der Waals surface area contributed by atoms with Crippen LogP contribution in [-0.4, -0.2) is 56.4 Å². The maximum absolute atomic E-state index is 6.37. The average Bonchev–Trinajstić information content (AvgIpc) is 2.95. The Bertz CT molecular complexity index is 484. The fourth-order valence-electron chi connectivity index (χ4n) is 3.15. The van der Waals surface area contributed by atoms with Crippen LogP contribution in [0.15, 0.2) is 18.2 Å². The molecule has 2 N–H and O–H groups in total. The normalized spacial score (nSPS) is 21.0. The quantitative estimate of drug-likeness (QED) is 0.910. The fraction of sp³-hybridized carbons (Fsp3) is 0.625. The second-order valence-electron chi connectivity index (χ2n) is 6.21. The highest BCUT2D eigenvalue weighted by molar-refractivity contribution is 5.45. The van der Waals surface area contributed by atoms with Gasteiger partial charge in [-0.1, -0.05) is 6.07 Å². The molecule has 1 fully saturated rings. The van der Waals surface area contributed by atoms with Gasteiger partial charge in [-0.15, -0.1) is 0 Å². The number of fused-ring (bicyclic) bond motifs is 1. The highest BCUT2D eigenvalue weighted by atomic mass is 16.7. The van der Waals surface area contributed by atoms with Crippen molar-refractivity contribution in [3.05, 3.63) is 23.8 Å². The first kappa shape index (κ1) is 14.6. The van der Waals surface area contributed by atoms with E-state index < -0.39 is 0 Å². The monoisotopic (exact) mass is 291 g/mol. The van der Waals surface area contributed by atoms with E-state index in [4.69, 9.17) is 15.2 Å². The van der Waals surface area contributed by atoms with E-state index in [0.717, 1.165) is 36.7 Å². The predicted molar refractivity (Wildman–Crippen MR) is 82.6 cm³/mol. The molecular formula is C16H25N3O2. The van der Waals surface area contributed by atoms with Crippen LogP contribution in [0.4, 0.5) is 0 Å². The van der Waals surface area contributed by atoms with Gasteiger partial charge in [-0.3, -0.25) is 0 Å². The summed E-state index contributed by atoms with van der Waals surface area (Å²) in [7, 11) is 4.33. The SMILES string of the molecule is CN(C)C1CCN(CC(N)c2ccc3c(c2)OCO3)CC1. The molecule has 2 aliphatic rings. The minimum absolute atomic E-state index is 0.0235. The lowest BCUT2D eigenvalue weighted by molar-refractivity contribution is 0.139. The van der Waals surface area contributed by atoms with Gasteiger partial charge in [0, 0.05) is 18.6 Å². The van der Waals surface area contributed by atoms with Crippen LogP contribution < -0.4 is 15.2 Å². The molecule has 1 aromatic carbocycles. The van der Waals surface area contributed by atoms with Crippen molar-refractivity contribution in [3.63, 3.8) is 0 Å². The Morgan fingerprint density at radius 2 is 1.95 bits per heavy atom. The van der Waals surface area contributed by atoms with Crippen molar-refractivity contribution in [2.24, 2.45) is 5.73 Å². The first-order chi connectivity index (χ1) is 10.1. The summed E-state index contributed by atoms with van der Waals surface area (Å²) in [6, 6.07) is 6.75. The van der Waals surface area contributed by atoms with Gasteiger partial charge in [0.2, 0.25) is 6.79 Å². The molecule has 21 heavy (non-hydrogen) atoms. The van der Waals surface area contributed by atoms with Gasteiger partial charge >= 0.3 is 0 Å². The average molecular weight is 291 g/mol. The second kappa shape index (κ2) is 6.22. The van der Waals surface area contributed by atoms with Gasteiger partial charge in [0.1, 0.15) is 0 Å². The minimum atomic E-state index is 0.0235. The largest absolute Gasteiger partial charge is 0.454 e. The molecular weight excluding hydrogens is 266 g/mol. The molecule has 2 aliphatic heterocycles. The molecule has 0 aliphatic carbocycles. The van der Waals surface area contributed by atoms with Gasteiger partial charge in [-0.2, -0.15) is 0 Å². The summed E-state index contributed by atoms with van der Waals surface area (Å²) in [5, 5.41) is 0. The topological polar surface area (TPSA) is 51.0 Å². The lowest BCUT2D eigenvalue weighted by atomic mass is 10.0. The van der Waals surface area contributed by atoms with E-state index in [9.17, 15) is 0 Å². The molecule has 5 nitrogen and oxygen atoms in total. The van der Waals surface area contributed by atoms with Crippen LogP contribution in [0.3, 0.4) is 0 Å². The number of ether oxygens (including phenoxy) is 2. The highest BCUT2D eigenvalue weighted by Gasteiger charge is 2.23. The van der Waals surface area contributed by atoms with Gasteiger partial charge in [0.15, 0.2) is 11.5 Å². The summed E-state index contributed by atoms with van der Waals surface area (Å²) in [4.78, 5) is 4.80. The number of nitrogens with two attached hydrogens (primary N) is 1. The number of hydrogen-bond acceptors (Lipinski definition) is 5. The molecule has 0 saturated carbocycles. The molecule has 1 unspecified atom stereocenters. The summed E-state index contributed by atoms with van der Waals surface area (Å²) in [5.74, 6) is 1.63. The van der Waals surface area contributed by atoms with Gasteiger partial charge in [-0.05, 0) is 57.7 Å². The van der Waals surface area contributed by atoms with Crippen LogP contribution in [0, 0.1) is 0 Å². The zero-order valence-electron chi connectivity index (χ0n) is 12.9. The van der Waals surface area contributed by atoms with Crippen LogP contribution >= 0.6 is 0 Å². The summed E-state index contributed by atoms with van der Waals surface area (Å²) >= 11 is 0. The number of rotatable bonds is 4. The fourth-order valence-corrected chi connectivity index (χ4v) is 3.15. The van der Waals surface area contributed by atoms with Gasteiger partial charge in [0.25, 0.3) is 0 Å². The first-order valence-electron chi connectivity index (χ1n) is 7.67. The van der Waals surface area contributed by atoms with Gasteiger partial charge in [0.05, 0.1) is 0 Å². The standard InChI is InChI=1S/C16H25N3O2/c1-18(2)13-5-7-19(8-6-13)10-14(17)12-3-4-15-16(9-12)21-11-20-15/h3-4,9,13-14H,5-8,10-11,17H2,1-2H3. The Kier molecular flexibility index (Phi) is 4.33. The van der Waals surface area contributed by atoms with Crippen molar-refractivity contribution >= 4 is 0 Å². The molecule has 116 valence electrons. The third kappa shape index (κ3) is 3.31. The Morgan fingerprint density at radius 3 is 2.67 bits per heavy atom. The molecule has 1 saturated heterocycles. The van der Waals surface area contributed by atoms with E-state index >= 15 is 0 Å². The van der Waals surface area contributed by atoms with Crippen molar-refractivity contribution in [3.8, 4) is 11.5 Å².